The number of carbonyl (C=O) groups excluding carboxylic acids is 2. The first-order valence-electron chi connectivity index (χ1n) is 13.0. The molecule has 1 heterocycles. The first kappa shape index (κ1) is 26.7. The molecule has 0 aromatic heterocycles. The maximum absolute atomic E-state index is 13.2. The highest BCUT2D eigenvalue weighted by molar-refractivity contribution is 7.89. The number of amides is 2. The van der Waals surface area contributed by atoms with Crippen molar-refractivity contribution in [1.29, 1.82) is 0 Å². The Hall–Kier alpha value is -3.89. The van der Waals surface area contributed by atoms with E-state index in [9.17, 15) is 18.0 Å². The molecule has 0 unspecified atom stereocenters. The molecule has 39 heavy (non-hydrogen) atoms. The van der Waals surface area contributed by atoms with E-state index in [1.54, 1.807) is 24.3 Å². The number of benzene rings is 3. The number of fused-ring (bicyclic) bond motifs is 1. The molecule has 1 aliphatic heterocycles. The van der Waals surface area contributed by atoms with Crippen molar-refractivity contribution in [3.05, 3.63) is 84.4 Å². The highest BCUT2D eigenvalue weighted by atomic mass is 32.2. The van der Waals surface area contributed by atoms with Crippen molar-refractivity contribution in [2.75, 3.05) is 18.1 Å². The van der Waals surface area contributed by atoms with Gasteiger partial charge in [-0.05, 0) is 54.8 Å². The number of hydrogen-bond donors (Lipinski definition) is 2. The molecule has 2 amide bonds. The van der Waals surface area contributed by atoms with Crippen molar-refractivity contribution in [3.63, 3.8) is 0 Å². The molecule has 3 aromatic rings. The third kappa shape index (κ3) is 6.58. The first-order valence-corrected chi connectivity index (χ1v) is 14.5. The Balaban J connectivity index is 1.21. The number of carbonyl (C=O) groups is 2. The SMILES string of the molecule is O=C(NCc1ccccc1)[C@@H]1CN(C(=O)COc2ccc(S(=O)(=O)NC3CCCC3)cc2)c2ccccc2O1. The summed E-state index contributed by atoms with van der Waals surface area (Å²) in [6.45, 7) is 0.0864. The van der Waals surface area contributed by atoms with Crippen molar-refractivity contribution in [2.24, 2.45) is 0 Å². The lowest BCUT2D eigenvalue weighted by Crippen LogP contribution is -2.51. The molecule has 1 atom stereocenters. The minimum atomic E-state index is -3.61. The van der Waals surface area contributed by atoms with Crippen molar-refractivity contribution in [3.8, 4) is 11.5 Å². The summed E-state index contributed by atoms with van der Waals surface area (Å²) in [5, 5.41) is 2.87. The zero-order chi connectivity index (χ0) is 27.2. The summed E-state index contributed by atoms with van der Waals surface area (Å²) in [5.74, 6) is 0.115. The average Bonchev–Trinajstić information content (AvgIpc) is 3.47. The lowest BCUT2D eigenvalue weighted by Gasteiger charge is -2.34. The molecule has 0 saturated heterocycles. The van der Waals surface area contributed by atoms with Crippen LogP contribution in [0.1, 0.15) is 31.2 Å². The standard InChI is InChI=1S/C29H31N3O6S/c33-28(20-37-23-14-16-24(17-15-23)39(35,36)31-22-10-4-5-11-22)32-19-27(38-26-13-7-6-12-25(26)32)29(34)30-18-21-8-2-1-3-9-21/h1-3,6-9,12-17,22,27,31H,4-5,10-11,18-20H2,(H,30,34)/t27-/m0/s1. The summed E-state index contributed by atoms with van der Waals surface area (Å²) in [5.41, 5.74) is 1.51. The van der Waals surface area contributed by atoms with Crippen LogP contribution in [-0.4, -0.2) is 45.5 Å². The molecular formula is C29H31N3O6S. The van der Waals surface area contributed by atoms with E-state index in [-0.39, 0.29) is 35.9 Å². The highest BCUT2D eigenvalue weighted by Gasteiger charge is 2.34. The molecule has 0 radical (unpaired) electrons. The second-order valence-electron chi connectivity index (χ2n) is 9.64. The fourth-order valence-electron chi connectivity index (χ4n) is 4.78. The molecule has 0 bridgehead atoms. The summed E-state index contributed by atoms with van der Waals surface area (Å²) in [4.78, 5) is 27.7. The van der Waals surface area contributed by atoms with Crippen LogP contribution < -0.4 is 24.4 Å². The van der Waals surface area contributed by atoms with Crippen molar-refractivity contribution >= 4 is 27.5 Å². The number of anilines is 1. The lowest BCUT2D eigenvalue weighted by atomic mass is 10.1. The van der Waals surface area contributed by atoms with Gasteiger partial charge in [0.05, 0.1) is 17.1 Å². The van der Waals surface area contributed by atoms with Gasteiger partial charge in [-0.2, -0.15) is 0 Å². The zero-order valence-corrected chi connectivity index (χ0v) is 22.2. The minimum absolute atomic E-state index is 0.0239. The van der Waals surface area contributed by atoms with Gasteiger partial charge < -0.3 is 19.7 Å². The summed E-state index contributed by atoms with van der Waals surface area (Å²) in [6, 6.07) is 22.5. The van der Waals surface area contributed by atoms with E-state index >= 15 is 0 Å². The summed E-state index contributed by atoms with van der Waals surface area (Å²) >= 11 is 0. The number of nitrogens with zero attached hydrogens (tertiary/aromatic N) is 1. The third-order valence-electron chi connectivity index (χ3n) is 6.85. The Morgan fingerprint density at radius 2 is 1.62 bits per heavy atom. The van der Waals surface area contributed by atoms with Crippen LogP contribution in [0.2, 0.25) is 0 Å². The number of rotatable bonds is 9. The van der Waals surface area contributed by atoms with E-state index < -0.39 is 16.1 Å². The predicted octanol–water partition coefficient (Wildman–Crippen LogP) is 3.40. The van der Waals surface area contributed by atoms with Crippen LogP contribution >= 0.6 is 0 Å². The molecular weight excluding hydrogens is 518 g/mol. The number of nitrogens with one attached hydrogen (secondary N) is 2. The Morgan fingerprint density at radius 1 is 0.923 bits per heavy atom. The number of hydrogen-bond acceptors (Lipinski definition) is 6. The molecule has 2 aliphatic rings. The summed E-state index contributed by atoms with van der Waals surface area (Å²) < 4.78 is 39.6. The maximum Gasteiger partial charge on any atom is 0.265 e. The number of para-hydroxylation sites is 2. The Morgan fingerprint density at radius 3 is 2.36 bits per heavy atom. The van der Waals surface area contributed by atoms with Gasteiger partial charge in [-0.25, -0.2) is 13.1 Å². The van der Waals surface area contributed by atoms with Gasteiger partial charge in [0.1, 0.15) is 11.5 Å². The second-order valence-corrected chi connectivity index (χ2v) is 11.4. The van der Waals surface area contributed by atoms with E-state index in [4.69, 9.17) is 9.47 Å². The topological polar surface area (TPSA) is 114 Å². The van der Waals surface area contributed by atoms with Crippen LogP contribution in [0.25, 0.3) is 0 Å². The van der Waals surface area contributed by atoms with E-state index in [0.717, 1.165) is 31.2 Å². The second kappa shape index (κ2) is 11.9. The van der Waals surface area contributed by atoms with E-state index in [1.165, 1.54) is 29.2 Å². The van der Waals surface area contributed by atoms with Crippen LogP contribution in [-0.2, 0) is 26.2 Å². The molecule has 5 rings (SSSR count). The van der Waals surface area contributed by atoms with Crippen LogP contribution in [0.15, 0.2) is 83.8 Å². The van der Waals surface area contributed by atoms with Gasteiger partial charge in [0.2, 0.25) is 10.0 Å². The van der Waals surface area contributed by atoms with E-state index in [0.29, 0.717) is 23.7 Å². The van der Waals surface area contributed by atoms with Gasteiger partial charge in [0.25, 0.3) is 11.8 Å². The molecule has 2 N–H and O–H groups in total. The molecule has 0 spiro atoms. The molecule has 1 saturated carbocycles. The van der Waals surface area contributed by atoms with E-state index in [2.05, 4.69) is 10.0 Å². The number of ether oxygens (including phenoxy) is 2. The zero-order valence-electron chi connectivity index (χ0n) is 21.4. The van der Waals surface area contributed by atoms with Gasteiger partial charge in [-0.3, -0.25) is 9.59 Å². The van der Waals surface area contributed by atoms with Gasteiger partial charge >= 0.3 is 0 Å². The maximum atomic E-state index is 13.2. The molecule has 9 nitrogen and oxygen atoms in total. The Kier molecular flexibility index (Phi) is 8.13. The molecule has 204 valence electrons. The van der Waals surface area contributed by atoms with Crippen molar-refractivity contribution < 1.29 is 27.5 Å². The van der Waals surface area contributed by atoms with Crippen molar-refractivity contribution in [2.45, 2.75) is 49.3 Å². The smallest absolute Gasteiger partial charge is 0.265 e. The normalized spacial score (nSPS) is 17.2. The lowest BCUT2D eigenvalue weighted by molar-refractivity contribution is -0.128. The molecule has 10 heteroatoms. The van der Waals surface area contributed by atoms with Gasteiger partial charge in [-0.15, -0.1) is 0 Å². The minimum Gasteiger partial charge on any atom is -0.484 e. The number of sulfonamides is 1. The fraction of sp³-hybridized carbons (Fsp3) is 0.310. The fourth-order valence-corrected chi connectivity index (χ4v) is 6.08. The quantitative estimate of drug-likeness (QED) is 0.423. The molecule has 3 aromatic carbocycles. The third-order valence-corrected chi connectivity index (χ3v) is 8.39. The predicted molar refractivity (Wildman–Crippen MR) is 146 cm³/mol. The Bertz CT molecular complexity index is 1410. The van der Waals surface area contributed by atoms with Crippen LogP contribution in [0.4, 0.5) is 5.69 Å². The van der Waals surface area contributed by atoms with Crippen molar-refractivity contribution in [1.82, 2.24) is 10.0 Å². The van der Waals surface area contributed by atoms with Crippen LogP contribution in [0.3, 0.4) is 0 Å². The van der Waals surface area contributed by atoms with Gasteiger partial charge in [0, 0.05) is 12.6 Å². The van der Waals surface area contributed by atoms with Gasteiger partial charge in [0.15, 0.2) is 12.7 Å². The van der Waals surface area contributed by atoms with Crippen LogP contribution in [0.5, 0.6) is 11.5 Å². The monoisotopic (exact) mass is 549 g/mol. The summed E-state index contributed by atoms with van der Waals surface area (Å²) in [6.07, 6.45) is 2.87. The highest BCUT2D eigenvalue weighted by Crippen LogP contribution is 2.33. The Labute approximate surface area is 228 Å². The van der Waals surface area contributed by atoms with Crippen LogP contribution in [0, 0.1) is 0 Å². The molecule has 1 fully saturated rings. The first-order chi connectivity index (χ1) is 18.9. The van der Waals surface area contributed by atoms with Gasteiger partial charge in [-0.1, -0.05) is 55.3 Å². The molecule has 1 aliphatic carbocycles. The summed E-state index contributed by atoms with van der Waals surface area (Å²) in [7, 11) is -3.61. The van der Waals surface area contributed by atoms with E-state index in [1.807, 2.05) is 30.3 Å². The largest absolute Gasteiger partial charge is 0.484 e. The average molecular weight is 550 g/mol.